The van der Waals surface area contributed by atoms with Crippen LogP contribution in [0.1, 0.15) is 165 Å². The van der Waals surface area contributed by atoms with E-state index in [1.54, 1.807) is 26.4 Å². The lowest BCUT2D eigenvalue weighted by Gasteiger charge is -2.13. The molecular weight excluding hydrogens is 1780 g/mol. The van der Waals surface area contributed by atoms with Gasteiger partial charge in [0.25, 0.3) is 22.2 Å². The number of aldehydes is 1. The molecule has 0 atom stereocenters. The number of benzene rings is 4. The number of aromatic amines is 1. The van der Waals surface area contributed by atoms with Gasteiger partial charge in [-0.15, -0.1) is 0 Å². The maximum absolute atomic E-state index is 14.1. The first kappa shape index (κ1) is 84.7. The molecule has 4 aromatic carbocycles. The maximum Gasteiger partial charge on any atom is 0.281 e. The number of hydrogen-bond donors (Lipinski definition) is 1. The van der Waals surface area contributed by atoms with E-state index in [4.69, 9.17) is 20.3 Å². The maximum atomic E-state index is 14.1. The van der Waals surface area contributed by atoms with Gasteiger partial charge in [-0.05, 0) is 236 Å². The lowest BCUT2D eigenvalue weighted by Crippen LogP contribution is -2.24. The highest BCUT2D eigenvalue weighted by Gasteiger charge is 2.35. The summed E-state index contributed by atoms with van der Waals surface area (Å²) in [4.78, 5) is 85.2. The first-order valence-corrected chi connectivity index (χ1v) is 48.3. The summed E-state index contributed by atoms with van der Waals surface area (Å²) in [5.74, 6) is 4.86. The van der Waals surface area contributed by atoms with Crippen LogP contribution in [-0.2, 0) is 54.4 Å². The number of rotatable bonds is 20. The van der Waals surface area contributed by atoms with Crippen LogP contribution in [0.15, 0.2) is 231 Å². The Hall–Kier alpha value is -15.3. The summed E-state index contributed by atoms with van der Waals surface area (Å²) >= 11 is 3.40. The van der Waals surface area contributed by atoms with Gasteiger partial charge in [-0.3, -0.25) is 62.6 Å². The molecule has 8 aliphatic carbocycles. The number of carbonyl (C=O) groups excluding carboxylic acids is 1. The van der Waals surface area contributed by atoms with Crippen LogP contribution < -0.4 is 22.2 Å². The lowest BCUT2D eigenvalue weighted by atomic mass is 10.1. The van der Waals surface area contributed by atoms with Crippen molar-refractivity contribution in [2.45, 2.75) is 153 Å². The zero-order chi connectivity index (χ0) is 92.7. The van der Waals surface area contributed by atoms with Crippen molar-refractivity contribution in [2.75, 3.05) is 0 Å². The van der Waals surface area contributed by atoms with Crippen molar-refractivity contribution in [1.82, 2.24) is 117 Å². The summed E-state index contributed by atoms with van der Waals surface area (Å²) in [6.45, 7) is 3.45. The fourth-order valence-electron chi connectivity index (χ4n) is 19.1. The van der Waals surface area contributed by atoms with Gasteiger partial charge in [-0.2, -0.15) is 60.1 Å². The van der Waals surface area contributed by atoms with Gasteiger partial charge in [0.15, 0.2) is 6.29 Å². The Morgan fingerprint density at radius 1 is 0.365 bits per heavy atom. The fourth-order valence-corrected chi connectivity index (χ4v) is 19.5. The normalized spacial score (nSPS) is 15.8. The molecule has 0 aliphatic heterocycles. The van der Waals surface area contributed by atoms with Crippen molar-refractivity contribution in [3.8, 4) is 67.6 Å². The zero-order valence-electron chi connectivity index (χ0n) is 76.1. The van der Waals surface area contributed by atoms with Crippen molar-refractivity contribution in [3.63, 3.8) is 0 Å². The van der Waals surface area contributed by atoms with Crippen LogP contribution in [-0.4, -0.2) is 123 Å². The minimum Gasteiger partial charge on any atom is -0.345 e. The Morgan fingerprint density at radius 2 is 0.715 bits per heavy atom. The topological polar surface area (TPSA) is 334 Å². The molecule has 0 bridgehead atoms. The van der Waals surface area contributed by atoms with Crippen LogP contribution >= 0.6 is 15.9 Å². The molecule has 8 aliphatic rings. The number of nitriles is 1. The van der Waals surface area contributed by atoms with E-state index in [1.165, 1.54) is 122 Å². The Kier molecular flexibility index (Phi) is 21.2. The number of aryl methyl sites for hydroxylation is 4. The highest BCUT2D eigenvalue weighted by atomic mass is 79.9. The summed E-state index contributed by atoms with van der Waals surface area (Å²) in [6.07, 6.45) is 43.0. The van der Waals surface area contributed by atoms with Crippen molar-refractivity contribution in [2.24, 2.45) is 51.9 Å². The van der Waals surface area contributed by atoms with Crippen molar-refractivity contribution in [3.05, 3.63) is 288 Å². The Morgan fingerprint density at radius 3 is 1.10 bits per heavy atom. The van der Waals surface area contributed by atoms with Gasteiger partial charge in [-0.1, -0.05) is 40.2 Å². The predicted octanol–water partition coefficient (Wildman–Crippen LogP) is 18.4. The van der Waals surface area contributed by atoms with Gasteiger partial charge in [0, 0.05) is 223 Å². The van der Waals surface area contributed by atoms with Gasteiger partial charge in [0.2, 0.25) is 0 Å². The number of hydrogen-bond acceptors (Lipinski definition) is 18. The van der Waals surface area contributed by atoms with E-state index >= 15 is 0 Å². The molecule has 8 fully saturated rings. The number of carbonyl (C=O) groups is 1. The molecule has 30 nitrogen and oxygen atoms in total. The van der Waals surface area contributed by atoms with Gasteiger partial charge in [-0.25, -0.2) is 5.10 Å². The first-order valence-electron chi connectivity index (χ1n) is 47.5. The van der Waals surface area contributed by atoms with E-state index in [2.05, 4.69) is 112 Å². The molecule has 137 heavy (non-hydrogen) atoms. The molecule has 0 saturated heterocycles. The Bertz CT molecular complexity index is 8510. The van der Waals surface area contributed by atoms with E-state index in [-0.39, 0.29) is 22.2 Å². The molecular formula is C106H96BrN25O5. The monoisotopic (exact) mass is 1880 g/mol. The predicted molar refractivity (Wildman–Crippen MR) is 529 cm³/mol. The molecule has 682 valence electrons. The van der Waals surface area contributed by atoms with Gasteiger partial charge in [0.05, 0.1) is 94.6 Å². The minimum absolute atomic E-state index is 0.123. The molecule has 1 N–H and O–H groups in total. The second-order valence-electron chi connectivity index (χ2n) is 38.6. The summed E-state index contributed by atoms with van der Waals surface area (Å²) in [6, 6.07) is 45.7. The summed E-state index contributed by atoms with van der Waals surface area (Å²) in [7, 11) is 7.56. The largest absolute Gasteiger partial charge is 0.345 e. The smallest absolute Gasteiger partial charge is 0.281 e. The number of halogens is 1. The molecule has 0 unspecified atom stereocenters. The molecule has 0 amide bonds. The number of fused-ring (bicyclic) bond motifs is 8. The van der Waals surface area contributed by atoms with Crippen LogP contribution in [0.3, 0.4) is 0 Å². The second kappa shape index (κ2) is 34.2. The highest BCUT2D eigenvalue weighted by Crippen LogP contribution is 2.45. The quantitative estimate of drug-likeness (QED) is 0.0693. The van der Waals surface area contributed by atoms with Crippen LogP contribution in [0.25, 0.3) is 149 Å². The zero-order valence-corrected chi connectivity index (χ0v) is 77.7. The lowest BCUT2D eigenvalue weighted by molar-refractivity contribution is 0.112. The van der Waals surface area contributed by atoms with Gasteiger partial charge in [0.1, 0.15) is 28.1 Å². The number of H-pyrrole nitrogens is 1. The van der Waals surface area contributed by atoms with E-state index in [9.17, 15) is 29.2 Å². The third-order valence-corrected chi connectivity index (χ3v) is 28.0. The molecule has 31 heteroatoms. The van der Waals surface area contributed by atoms with E-state index < -0.39 is 0 Å². The molecule has 28 rings (SSSR count). The average Bonchev–Trinajstić information content (AvgIpc) is 1.60. The summed E-state index contributed by atoms with van der Waals surface area (Å²) in [5, 5.41) is 52.5. The minimum atomic E-state index is -0.227. The number of nitrogens with one attached hydrogen (secondary N) is 1. The van der Waals surface area contributed by atoms with Crippen molar-refractivity contribution >= 4 is 110 Å². The summed E-state index contributed by atoms with van der Waals surface area (Å²) < 4.78 is 21.0. The molecule has 16 aromatic heterocycles. The molecule has 16 heterocycles. The molecule has 0 spiro atoms. The third-order valence-electron chi connectivity index (χ3n) is 27.6. The van der Waals surface area contributed by atoms with E-state index in [1.807, 2.05) is 202 Å². The number of pyridine rings is 4. The Labute approximate surface area is 791 Å². The fraction of sp³-hybridized carbons (Fsp3) is 0.302. The van der Waals surface area contributed by atoms with Crippen LogP contribution in [0.4, 0.5) is 0 Å². The molecule has 8 saturated carbocycles. The standard InChI is InChI=1S/C27H23N7O.C27H24N6O2.C26H24N6O.C18H18N4O.C8H7BrN2/c1-32-14-19-10-21(7-9-23(19)30-32)34-27(35)24(18-6-8-22(29-12-18)17-4-5-17)26-25(31-34)20(11-28)15-33(26)13-16-2-3-16;1-31-13-19-10-21(7-9-23(19)29-31)33-27(35)24(18-6-8-22(28-11-18)17-4-5-17)26-25(30-33)20(15-34)14-32(26)12-16-2-3-16;1-30-15-19-12-20(7-9-22(19)28-30)32-26(33)24(18-6-8-21(27-13-18)17-4-5-17)25-23(29-32)10-11-31(25)14-16-2-3-16;23-18-16(13-5-6-14(19-9-13)12-3-4-12)17-15(20-21-18)7-8-22(17)10-11-1-2-11;1-11-5-6-4-7(9)2-3-8(6)10-11/h6-10,12,14-17H,2-5,13H2,1H3;6-11,13-17H,2-5,12H2,1H3;6-13,15-17H,2-5,14H2,1H3;5-9,11-12H,1-4,10H2,(H,21,23);2-5H,1H3. The third kappa shape index (κ3) is 17.1. The van der Waals surface area contributed by atoms with Crippen molar-refractivity contribution in [1.29, 1.82) is 5.26 Å². The Balaban J connectivity index is 0.0000000967. The number of nitrogens with zero attached hydrogens (tertiary/aromatic N) is 24. The molecule has 0 radical (unpaired) electrons. The van der Waals surface area contributed by atoms with E-state index in [0.717, 1.165) is 159 Å². The molecule has 20 aromatic rings. The number of aromatic nitrogens is 24. The highest BCUT2D eigenvalue weighted by molar-refractivity contribution is 9.10. The van der Waals surface area contributed by atoms with Crippen molar-refractivity contribution < 1.29 is 4.79 Å². The first-order chi connectivity index (χ1) is 66.9. The summed E-state index contributed by atoms with van der Waals surface area (Å²) in [5.41, 5.74) is 22.0. The average molecular weight is 1880 g/mol. The van der Waals surface area contributed by atoms with Crippen LogP contribution in [0.2, 0.25) is 0 Å². The van der Waals surface area contributed by atoms with Crippen LogP contribution in [0.5, 0.6) is 0 Å². The van der Waals surface area contributed by atoms with Gasteiger partial charge < -0.3 is 18.3 Å². The van der Waals surface area contributed by atoms with Gasteiger partial charge >= 0.3 is 0 Å². The second-order valence-corrected chi connectivity index (χ2v) is 39.5. The van der Waals surface area contributed by atoms with E-state index in [0.29, 0.717) is 103 Å². The SMILES string of the molecule is Cn1cc2cc(-n3nc4c(C#N)cn(CC5CC5)c4c(-c4ccc(C5CC5)nc4)c3=O)ccc2n1.Cn1cc2cc(-n3nc4c(C=O)cn(CC5CC5)c4c(-c4ccc(C5CC5)nc4)c3=O)ccc2n1.Cn1cc2cc(-n3nc4ccn(CC5CC5)c4c(-c4ccc(C5CC5)nc4)c3=O)ccc2n1.Cn1cc2cc(Br)ccc2n1.O=c1[nH]nc2ccn(CC3CC3)c2c1-c1ccc(C2CC2)nc1. The van der Waals surface area contributed by atoms with Crippen LogP contribution in [0, 0.1) is 35.0 Å².